The largest absolute Gasteiger partial charge is 0.273 e. The number of hydrogen-bond acceptors (Lipinski definition) is 6. The minimum atomic E-state index is -3.81. The molecule has 0 aliphatic carbocycles. The van der Waals surface area contributed by atoms with Crippen molar-refractivity contribution in [1.82, 2.24) is 9.73 Å². The number of benzene rings is 2. The van der Waals surface area contributed by atoms with E-state index >= 15 is 0 Å². The number of likely N-dealkylation sites (N-methyl/N-ethyl adjacent to an activating group) is 1. The minimum Gasteiger partial charge on any atom is -0.272 e. The molecule has 2 aromatic rings. The second-order valence-electron chi connectivity index (χ2n) is 6.37. The number of rotatable bonds is 8. The molecule has 0 fully saturated rings. The zero-order chi connectivity index (χ0) is 21.6. The molecular weight excluding hydrogens is 396 g/mol. The quantitative estimate of drug-likeness (QED) is 0.400. The van der Waals surface area contributed by atoms with Crippen LogP contribution < -0.4 is 5.43 Å². The average Bonchev–Trinajstić information content (AvgIpc) is 2.68. The second kappa shape index (κ2) is 9.39. The zero-order valence-electron chi connectivity index (χ0n) is 16.3. The molecule has 1 N–H and O–H groups in total. The topological polar surface area (TPSA) is 122 Å². The Morgan fingerprint density at radius 2 is 1.90 bits per heavy atom. The van der Waals surface area contributed by atoms with Crippen LogP contribution in [0.15, 0.2) is 52.5 Å². The summed E-state index contributed by atoms with van der Waals surface area (Å²) in [6, 6.07) is 10.9. The number of nitro groups is 1. The first-order valence-electron chi connectivity index (χ1n) is 8.77. The smallest absolute Gasteiger partial charge is 0.272 e. The van der Waals surface area contributed by atoms with Crippen LogP contribution in [0.2, 0.25) is 0 Å². The van der Waals surface area contributed by atoms with Gasteiger partial charge in [0.2, 0.25) is 10.0 Å². The Balaban J connectivity index is 2.01. The van der Waals surface area contributed by atoms with Gasteiger partial charge in [-0.15, -0.1) is 0 Å². The molecule has 154 valence electrons. The molecule has 0 atom stereocenters. The molecule has 9 nitrogen and oxygen atoms in total. The van der Waals surface area contributed by atoms with Gasteiger partial charge in [-0.25, -0.2) is 13.8 Å². The van der Waals surface area contributed by atoms with Crippen molar-refractivity contribution in [3.63, 3.8) is 0 Å². The van der Waals surface area contributed by atoms with Crippen LogP contribution >= 0.6 is 0 Å². The summed E-state index contributed by atoms with van der Waals surface area (Å²) in [5, 5.41) is 14.8. The predicted octanol–water partition coefficient (Wildman–Crippen LogP) is 2.24. The number of amides is 1. The van der Waals surface area contributed by atoms with Crippen LogP contribution in [0.3, 0.4) is 0 Å². The summed E-state index contributed by atoms with van der Waals surface area (Å²) in [6.07, 6.45) is 1.78. The van der Waals surface area contributed by atoms with E-state index in [1.165, 1.54) is 31.5 Å². The number of carbonyl (C=O) groups is 1. The van der Waals surface area contributed by atoms with Gasteiger partial charge in [-0.1, -0.05) is 36.8 Å². The van der Waals surface area contributed by atoms with Crippen LogP contribution in [0.25, 0.3) is 0 Å². The number of nitrogens with zero attached hydrogens (tertiary/aromatic N) is 3. The summed E-state index contributed by atoms with van der Waals surface area (Å²) in [5.41, 5.74) is 4.16. The lowest BCUT2D eigenvalue weighted by molar-refractivity contribution is -0.385. The Hall–Kier alpha value is -3.11. The van der Waals surface area contributed by atoms with Gasteiger partial charge in [0.15, 0.2) is 0 Å². The minimum absolute atomic E-state index is 0.0216. The molecular formula is C19H22N4O5S. The number of hydrazone groups is 1. The molecule has 0 radical (unpaired) electrons. The molecule has 0 saturated heterocycles. The summed E-state index contributed by atoms with van der Waals surface area (Å²) in [7, 11) is -2.51. The number of nitrogens with one attached hydrogen (secondary N) is 1. The van der Waals surface area contributed by atoms with Crippen molar-refractivity contribution in [3.05, 3.63) is 69.3 Å². The van der Waals surface area contributed by atoms with Crippen LogP contribution in [0.5, 0.6) is 0 Å². The van der Waals surface area contributed by atoms with Crippen LogP contribution in [0, 0.1) is 17.0 Å². The van der Waals surface area contributed by atoms with E-state index < -0.39 is 27.4 Å². The maximum Gasteiger partial charge on any atom is 0.273 e. The average molecular weight is 418 g/mol. The molecule has 29 heavy (non-hydrogen) atoms. The number of aryl methyl sites for hydroxylation is 2. The first-order chi connectivity index (χ1) is 13.6. The highest BCUT2D eigenvalue weighted by Gasteiger charge is 2.22. The van der Waals surface area contributed by atoms with Crippen molar-refractivity contribution in [2.45, 2.75) is 25.2 Å². The Labute approximate surface area is 169 Å². The van der Waals surface area contributed by atoms with Crippen molar-refractivity contribution < 1.29 is 18.1 Å². The lowest BCUT2D eigenvalue weighted by Gasteiger charge is -2.16. The highest BCUT2D eigenvalue weighted by molar-refractivity contribution is 7.89. The molecule has 0 aliphatic rings. The van der Waals surface area contributed by atoms with E-state index in [4.69, 9.17) is 0 Å². The van der Waals surface area contributed by atoms with Gasteiger partial charge in [0.25, 0.3) is 11.6 Å². The predicted molar refractivity (Wildman–Crippen MR) is 109 cm³/mol. The van der Waals surface area contributed by atoms with Crippen LogP contribution in [0.4, 0.5) is 5.69 Å². The first kappa shape index (κ1) is 22.2. The van der Waals surface area contributed by atoms with Gasteiger partial charge in [-0.05, 0) is 25.5 Å². The highest BCUT2D eigenvalue weighted by atomic mass is 32.2. The Kier molecular flexibility index (Phi) is 7.18. The number of hydrogen-bond donors (Lipinski definition) is 1. The van der Waals surface area contributed by atoms with E-state index in [0.717, 1.165) is 9.87 Å². The fourth-order valence-corrected chi connectivity index (χ4v) is 3.65. The lowest BCUT2D eigenvalue weighted by Crippen LogP contribution is -2.36. The van der Waals surface area contributed by atoms with E-state index in [1.54, 1.807) is 24.3 Å². The van der Waals surface area contributed by atoms with E-state index in [0.29, 0.717) is 17.5 Å². The third-order valence-corrected chi connectivity index (χ3v) is 6.00. The summed E-state index contributed by atoms with van der Waals surface area (Å²) in [5.74, 6) is -0.640. The van der Waals surface area contributed by atoms with E-state index in [9.17, 15) is 23.3 Å². The van der Waals surface area contributed by atoms with Gasteiger partial charge < -0.3 is 0 Å². The van der Waals surface area contributed by atoms with Crippen LogP contribution in [-0.2, 0) is 21.2 Å². The molecule has 0 heterocycles. The van der Waals surface area contributed by atoms with Crippen LogP contribution in [0.1, 0.15) is 23.6 Å². The van der Waals surface area contributed by atoms with Gasteiger partial charge in [-0.3, -0.25) is 14.9 Å². The first-order valence-corrected chi connectivity index (χ1v) is 10.2. The second-order valence-corrected chi connectivity index (χ2v) is 8.41. The normalized spacial score (nSPS) is 11.7. The molecule has 0 bridgehead atoms. The SMILES string of the molecule is CCc1ccc(/C=N\NC(=O)CN(C)S(=O)(=O)c2ccc(C)cc2)cc1[N+](=O)[O-]. The lowest BCUT2D eigenvalue weighted by atomic mass is 10.1. The zero-order valence-corrected chi connectivity index (χ0v) is 17.1. The third kappa shape index (κ3) is 5.69. The molecule has 0 saturated carbocycles. The number of nitro benzene ring substituents is 1. The molecule has 1 amide bonds. The maximum atomic E-state index is 12.5. The van der Waals surface area contributed by atoms with E-state index in [2.05, 4.69) is 10.5 Å². The number of sulfonamides is 1. The standard InChI is InChI=1S/C19H22N4O5S/c1-4-16-8-7-15(11-18(16)23(25)26)12-20-21-19(24)13-22(3)29(27,28)17-9-5-14(2)6-10-17/h5-12H,4,13H2,1-3H3,(H,21,24)/b20-12-. The summed E-state index contributed by atoms with van der Waals surface area (Å²) in [4.78, 5) is 22.7. The monoisotopic (exact) mass is 418 g/mol. The van der Waals surface area contributed by atoms with Crippen molar-refractivity contribution in [1.29, 1.82) is 0 Å². The van der Waals surface area contributed by atoms with Gasteiger partial charge in [0.05, 0.1) is 22.6 Å². The van der Waals surface area contributed by atoms with E-state index in [-0.39, 0.29) is 10.6 Å². The highest BCUT2D eigenvalue weighted by Crippen LogP contribution is 2.20. The van der Waals surface area contributed by atoms with Crippen molar-refractivity contribution in [3.8, 4) is 0 Å². The fraction of sp³-hybridized carbons (Fsp3) is 0.263. The summed E-state index contributed by atoms with van der Waals surface area (Å²) >= 11 is 0. The molecule has 0 aromatic heterocycles. The summed E-state index contributed by atoms with van der Waals surface area (Å²) < 4.78 is 25.9. The third-order valence-electron chi connectivity index (χ3n) is 4.19. The Morgan fingerprint density at radius 1 is 1.24 bits per heavy atom. The van der Waals surface area contributed by atoms with Gasteiger partial charge in [0, 0.05) is 24.2 Å². The Morgan fingerprint density at radius 3 is 2.48 bits per heavy atom. The van der Waals surface area contributed by atoms with Crippen molar-refractivity contribution in [2.75, 3.05) is 13.6 Å². The van der Waals surface area contributed by atoms with Crippen molar-refractivity contribution in [2.24, 2.45) is 5.10 Å². The van der Waals surface area contributed by atoms with Crippen molar-refractivity contribution >= 4 is 27.8 Å². The molecule has 0 unspecified atom stereocenters. The molecule has 2 aromatic carbocycles. The maximum absolute atomic E-state index is 12.5. The van der Waals surface area contributed by atoms with Crippen LogP contribution in [-0.4, -0.2) is 43.4 Å². The van der Waals surface area contributed by atoms with Gasteiger partial charge >= 0.3 is 0 Å². The van der Waals surface area contributed by atoms with Gasteiger partial charge in [-0.2, -0.15) is 9.41 Å². The molecule has 0 aliphatic heterocycles. The fourth-order valence-electron chi connectivity index (χ4n) is 2.52. The molecule has 10 heteroatoms. The van der Waals surface area contributed by atoms with Gasteiger partial charge in [0.1, 0.15) is 0 Å². The molecule has 0 spiro atoms. The number of carbonyl (C=O) groups excluding carboxylic acids is 1. The summed E-state index contributed by atoms with van der Waals surface area (Å²) in [6.45, 7) is 3.23. The van der Waals surface area contributed by atoms with E-state index in [1.807, 2.05) is 13.8 Å². The Bertz CT molecular complexity index is 1030. The molecule has 2 rings (SSSR count).